The van der Waals surface area contributed by atoms with Gasteiger partial charge >= 0.3 is 0 Å². The summed E-state index contributed by atoms with van der Waals surface area (Å²) >= 11 is 0. The second kappa shape index (κ2) is 27.4. The predicted octanol–water partition coefficient (Wildman–Crippen LogP) is -3.70. The molecular formula is C29H56N12O8. The van der Waals surface area contributed by atoms with Crippen molar-refractivity contribution in [3.05, 3.63) is 0 Å². The maximum atomic E-state index is 13.0. The number of hydrogen-bond donors (Lipinski definition) is 10. The minimum atomic E-state index is -1.29. The summed E-state index contributed by atoms with van der Waals surface area (Å²) < 4.78 is 17.4. The number of guanidine groups is 2. The van der Waals surface area contributed by atoms with E-state index in [1.54, 1.807) is 6.92 Å². The summed E-state index contributed by atoms with van der Waals surface area (Å²) in [5, 5.41) is 21.0. The lowest BCUT2D eigenvalue weighted by Crippen LogP contribution is -2.59. The van der Waals surface area contributed by atoms with E-state index in [1.165, 1.54) is 6.92 Å². The highest BCUT2D eigenvalue weighted by atomic mass is 16.5. The third-order valence-electron chi connectivity index (χ3n) is 6.19. The highest BCUT2D eigenvalue weighted by molar-refractivity contribution is 5.80. The van der Waals surface area contributed by atoms with Crippen LogP contribution in [-0.4, -0.2) is 132 Å². The molecule has 49 heavy (non-hydrogen) atoms. The molecule has 0 spiro atoms. The van der Waals surface area contributed by atoms with Gasteiger partial charge in [-0.1, -0.05) is 0 Å². The molecule has 0 aliphatic heterocycles. The molecule has 0 rings (SSSR count). The van der Waals surface area contributed by atoms with Crippen LogP contribution in [0.4, 0.5) is 0 Å². The van der Waals surface area contributed by atoms with Gasteiger partial charge in [0.1, 0.15) is 5.54 Å². The number of nitrogens with two attached hydrogens (primary N) is 4. The van der Waals surface area contributed by atoms with Crippen LogP contribution in [0.5, 0.6) is 0 Å². The highest BCUT2D eigenvalue weighted by Gasteiger charge is 2.34. The van der Waals surface area contributed by atoms with E-state index in [0.717, 1.165) is 0 Å². The number of carbonyl (C=O) groups excluding carboxylic acids is 5. The van der Waals surface area contributed by atoms with Gasteiger partial charge in [0.05, 0.1) is 52.7 Å². The molecule has 0 atom stereocenters. The molecule has 20 nitrogen and oxygen atoms in total. The summed E-state index contributed by atoms with van der Waals surface area (Å²) in [5.41, 5.74) is 20.3. The molecule has 280 valence electrons. The maximum Gasteiger partial charge on any atom is 0.222 e. The van der Waals surface area contributed by atoms with Gasteiger partial charge in [0.25, 0.3) is 0 Å². The zero-order valence-corrected chi connectivity index (χ0v) is 28.7. The van der Waals surface area contributed by atoms with Crippen molar-refractivity contribution in [3.63, 3.8) is 0 Å². The van der Waals surface area contributed by atoms with Crippen molar-refractivity contribution >= 4 is 47.2 Å². The summed E-state index contributed by atoms with van der Waals surface area (Å²) in [7, 11) is 0. The van der Waals surface area contributed by atoms with Crippen molar-refractivity contribution in [3.8, 4) is 0 Å². The van der Waals surface area contributed by atoms with Gasteiger partial charge in [-0.2, -0.15) is 0 Å². The Bertz CT molecular complexity index is 1050. The standard InChI is InChI=1S/C29H56N12O8/c1-21(30)4-3-9-36-23(43)6-15-47-18-29(41-26(46)5-10-35-22(2)42,19-48-16-7-24(44)37-11-13-39-27(31)32)20-49-17-8-25(45)38-12-14-40-28(33)34/h30H,3-20H2,1-2H3,(H,35,42)(H,36,43)(H,37,44)(H,38,45)(H,41,46)(H4,31,32,39)(H4,33,34,40). The topological polar surface area (TPSA) is 326 Å². The van der Waals surface area contributed by atoms with Crippen LogP contribution in [0.2, 0.25) is 0 Å². The number of amides is 5. The fraction of sp³-hybridized carbons (Fsp3) is 0.724. The van der Waals surface area contributed by atoms with Crippen molar-refractivity contribution < 1.29 is 38.2 Å². The number of ether oxygens (including phenoxy) is 3. The van der Waals surface area contributed by atoms with E-state index < -0.39 is 11.4 Å². The highest BCUT2D eigenvalue weighted by Crippen LogP contribution is 2.11. The predicted molar refractivity (Wildman–Crippen MR) is 183 cm³/mol. The van der Waals surface area contributed by atoms with Crippen LogP contribution in [0.15, 0.2) is 9.98 Å². The van der Waals surface area contributed by atoms with E-state index in [4.69, 9.17) is 42.6 Å². The molecular weight excluding hydrogens is 644 g/mol. The van der Waals surface area contributed by atoms with E-state index >= 15 is 0 Å². The van der Waals surface area contributed by atoms with Gasteiger partial charge in [-0.15, -0.1) is 0 Å². The second-order valence-electron chi connectivity index (χ2n) is 11.0. The van der Waals surface area contributed by atoms with Gasteiger partial charge in [0.15, 0.2) is 11.9 Å². The Kier molecular flexibility index (Phi) is 24.8. The molecule has 0 saturated carbocycles. The van der Waals surface area contributed by atoms with Crippen LogP contribution < -0.4 is 49.5 Å². The molecule has 0 fully saturated rings. The second-order valence-corrected chi connectivity index (χ2v) is 11.0. The van der Waals surface area contributed by atoms with Crippen LogP contribution in [0.1, 0.15) is 52.4 Å². The molecule has 0 radical (unpaired) electrons. The molecule has 0 aromatic rings. The first kappa shape index (κ1) is 44.4. The van der Waals surface area contributed by atoms with E-state index in [9.17, 15) is 24.0 Å². The van der Waals surface area contributed by atoms with Gasteiger partial charge in [0.2, 0.25) is 29.5 Å². The zero-order chi connectivity index (χ0) is 36.9. The average Bonchev–Trinajstić information content (AvgIpc) is 3.01. The molecule has 0 heterocycles. The van der Waals surface area contributed by atoms with Crippen LogP contribution in [0.3, 0.4) is 0 Å². The normalized spacial score (nSPS) is 10.7. The SMILES string of the molecule is CC(=N)CCCNC(=O)CCOCC(COCCC(=O)NCCN=C(N)N)(COCCC(=O)NCCN=C(N)N)NC(=O)CCNC(C)=O. The fourth-order valence-electron chi connectivity index (χ4n) is 3.85. The average molecular weight is 701 g/mol. The molecule has 0 saturated heterocycles. The lowest BCUT2D eigenvalue weighted by atomic mass is 10.0. The molecule has 0 aliphatic carbocycles. The summed E-state index contributed by atoms with van der Waals surface area (Å²) in [6.45, 7) is 3.94. The van der Waals surface area contributed by atoms with Crippen molar-refractivity contribution in [2.75, 3.05) is 78.9 Å². The van der Waals surface area contributed by atoms with Crippen LogP contribution in [-0.2, 0) is 38.2 Å². The molecule has 14 N–H and O–H groups in total. The van der Waals surface area contributed by atoms with Crippen LogP contribution in [0, 0.1) is 5.41 Å². The number of carbonyl (C=O) groups is 5. The number of aliphatic imine (C=N–C) groups is 2. The Morgan fingerprint density at radius 2 is 1.02 bits per heavy atom. The smallest absolute Gasteiger partial charge is 0.222 e. The van der Waals surface area contributed by atoms with E-state index in [2.05, 4.69) is 36.6 Å². The number of nitrogens with one attached hydrogen (secondary N) is 6. The van der Waals surface area contributed by atoms with Gasteiger partial charge in [-0.05, 0) is 19.8 Å². The number of rotatable bonds is 29. The molecule has 0 aromatic heterocycles. The zero-order valence-electron chi connectivity index (χ0n) is 28.7. The molecule has 20 heteroatoms. The lowest BCUT2D eigenvalue weighted by molar-refractivity contribution is -0.130. The Morgan fingerprint density at radius 3 is 1.41 bits per heavy atom. The first-order chi connectivity index (χ1) is 23.2. The van der Waals surface area contributed by atoms with E-state index in [1.807, 2.05) is 0 Å². The fourth-order valence-corrected chi connectivity index (χ4v) is 3.85. The largest absolute Gasteiger partial charge is 0.378 e. The van der Waals surface area contributed by atoms with Gasteiger partial charge in [-0.25, -0.2) is 0 Å². The van der Waals surface area contributed by atoms with Crippen molar-refractivity contribution in [2.24, 2.45) is 32.9 Å². The monoisotopic (exact) mass is 700 g/mol. The number of nitrogens with zero attached hydrogens (tertiary/aromatic N) is 2. The lowest BCUT2D eigenvalue weighted by Gasteiger charge is -2.34. The summed E-state index contributed by atoms with van der Waals surface area (Å²) in [6.07, 6.45) is 1.20. The van der Waals surface area contributed by atoms with E-state index in [0.29, 0.717) is 25.1 Å². The first-order valence-corrected chi connectivity index (χ1v) is 16.0. The third kappa shape index (κ3) is 28.2. The van der Waals surface area contributed by atoms with Crippen molar-refractivity contribution in [1.82, 2.24) is 26.6 Å². The Labute approximate surface area is 287 Å². The summed E-state index contributed by atoms with van der Waals surface area (Å²) in [5.74, 6) is -1.78. The molecule has 0 bridgehead atoms. The van der Waals surface area contributed by atoms with Crippen molar-refractivity contribution in [2.45, 2.75) is 57.9 Å². The molecule has 0 aliphatic rings. The minimum Gasteiger partial charge on any atom is -0.378 e. The van der Waals surface area contributed by atoms with Gasteiger partial charge in [-0.3, -0.25) is 34.0 Å². The summed E-state index contributed by atoms with van der Waals surface area (Å²) in [6, 6.07) is 0. The molecule has 5 amide bonds. The maximum absolute atomic E-state index is 13.0. The molecule has 0 unspecified atom stereocenters. The van der Waals surface area contributed by atoms with Crippen LogP contribution >= 0.6 is 0 Å². The van der Waals surface area contributed by atoms with Gasteiger partial charge < -0.3 is 69.1 Å². The summed E-state index contributed by atoms with van der Waals surface area (Å²) in [4.78, 5) is 68.5. The Morgan fingerprint density at radius 1 is 0.592 bits per heavy atom. The van der Waals surface area contributed by atoms with Gasteiger partial charge in [0, 0.05) is 64.5 Å². The van der Waals surface area contributed by atoms with E-state index in [-0.39, 0.29) is 134 Å². The quantitative estimate of drug-likeness (QED) is 0.0205. The molecule has 0 aromatic carbocycles. The van der Waals surface area contributed by atoms with Crippen LogP contribution in [0.25, 0.3) is 0 Å². The Balaban J connectivity index is 5.44. The third-order valence-corrected chi connectivity index (χ3v) is 6.19. The first-order valence-electron chi connectivity index (χ1n) is 16.0. The van der Waals surface area contributed by atoms with Crippen molar-refractivity contribution in [1.29, 1.82) is 5.41 Å². The number of hydrogen-bond acceptors (Lipinski definition) is 11. The minimum absolute atomic E-state index is 0.00616. The Hall–Kier alpha value is -4.56.